The summed E-state index contributed by atoms with van der Waals surface area (Å²) in [5.41, 5.74) is 7.78. The number of anilines is 2. The van der Waals surface area contributed by atoms with Crippen molar-refractivity contribution in [3.05, 3.63) is 103 Å². The van der Waals surface area contributed by atoms with Gasteiger partial charge < -0.3 is 10.6 Å². The van der Waals surface area contributed by atoms with Crippen molar-refractivity contribution in [2.45, 2.75) is 19.8 Å². The van der Waals surface area contributed by atoms with Gasteiger partial charge in [0.05, 0.1) is 11.9 Å². The van der Waals surface area contributed by atoms with Crippen LogP contribution in [0.4, 0.5) is 16.2 Å². The van der Waals surface area contributed by atoms with E-state index >= 15 is 0 Å². The average Bonchev–Trinajstić information content (AvgIpc) is 3.29. The Labute approximate surface area is 198 Å². The molecule has 6 nitrogen and oxygen atoms in total. The number of urea groups is 1. The zero-order chi connectivity index (χ0) is 23.5. The van der Waals surface area contributed by atoms with Crippen LogP contribution in [-0.2, 0) is 0 Å². The van der Waals surface area contributed by atoms with Crippen LogP contribution >= 0.6 is 0 Å². The number of nitrogens with zero attached hydrogens (tertiary/aromatic N) is 3. The molecule has 2 N–H and O–H groups in total. The summed E-state index contributed by atoms with van der Waals surface area (Å²) in [5, 5.41) is 5.76. The van der Waals surface area contributed by atoms with Gasteiger partial charge in [0.1, 0.15) is 5.65 Å². The molecule has 0 saturated carbocycles. The number of amides is 2. The first-order valence-electron chi connectivity index (χ1n) is 11.2. The predicted octanol–water partition coefficient (Wildman–Crippen LogP) is 6.83. The SMILES string of the molecule is CC(C)c1ccc(NC(=O)Nc2ccc(-c3cnc4cc(-c5ccncc5)ccn34)cc2)cc1. The molecular weight excluding hydrogens is 422 g/mol. The fourth-order valence-corrected chi connectivity index (χ4v) is 3.89. The molecule has 0 spiro atoms. The van der Waals surface area contributed by atoms with Crippen LogP contribution in [0.25, 0.3) is 28.0 Å². The zero-order valence-corrected chi connectivity index (χ0v) is 19.1. The molecule has 3 aromatic heterocycles. The number of hydrogen-bond acceptors (Lipinski definition) is 3. The number of aromatic nitrogens is 3. The van der Waals surface area contributed by atoms with E-state index in [1.165, 1.54) is 5.56 Å². The molecule has 0 atom stereocenters. The van der Waals surface area contributed by atoms with Crippen molar-refractivity contribution in [1.82, 2.24) is 14.4 Å². The van der Waals surface area contributed by atoms with Gasteiger partial charge in [-0.05, 0) is 71.1 Å². The van der Waals surface area contributed by atoms with E-state index in [2.05, 4.69) is 51.0 Å². The first-order chi connectivity index (χ1) is 16.6. The lowest BCUT2D eigenvalue weighted by molar-refractivity contribution is 0.262. The van der Waals surface area contributed by atoms with E-state index in [4.69, 9.17) is 0 Å². The molecule has 34 heavy (non-hydrogen) atoms. The normalized spacial score (nSPS) is 11.0. The van der Waals surface area contributed by atoms with Crippen LogP contribution in [0, 0.1) is 0 Å². The molecule has 0 aliphatic carbocycles. The Bertz CT molecular complexity index is 1420. The smallest absolute Gasteiger partial charge is 0.308 e. The van der Waals surface area contributed by atoms with Gasteiger partial charge in [-0.25, -0.2) is 9.78 Å². The zero-order valence-electron chi connectivity index (χ0n) is 19.1. The van der Waals surface area contributed by atoms with E-state index in [-0.39, 0.29) is 6.03 Å². The van der Waals surface area contributed by atoms with Crippen LogP contribution in [0.3, 0.4) is 0 Å². The molecule has 2 aromatic carbocycles. The molecule has 0 aliphatic heterocycles. The number of rotatable bonds is 5. The fourth-order valence-electron chi connectivity index (χ4n) is 3.89. The maximum Gasteiger partial charge on any atom is 0.323 e. The molecule has 0 radical (unpaired) electrons. The molecule has 0 fully saturated rings. The third-order valence-corrected chi connectivity index (χ3v) is 5.80. The largest absolute Gasteiger partial charge is 0.323 e. The average molecular weight is 448 g/mol. The monoisotopic (exact) mass is 447 g/mol. The van der Waals surface area contributed by atoms with E-state index < -0.39 is 0 Å². The summed E-state index contributed by atoms with van der Waals surface area (Å²) in [7, 11) is 0. The number of pyridine rings is 2. The molecule has 5 aromatic rings. The first kappa shape index (κ1) is 21.4. The molecule has 5 rings (SSSR count). The number of imidazole rings is 1. The highest BCUT2D eigenvalue weighted by atomic mass is 16.2. The highest BCUT2D eigenvalue weighted by Crippen LogP contribution is 2.26. The summed E-state index contributed by atoms with van der Waals surface area (Å²) in [6, 6.07) is 23.5. The van der Waals surface area contributed by atoms with E-state index in [1.54, 1.807) is 12.4 Å². The minimum atomic E-state index is -0.275. The molecule has 6 heteroatoms. The molecule has 3 heterocycles. The van der Waals surface area contributed by atoms with E-state index in [0.29, 0.717) is 11.6 Å². The lowest BCUT2D eigenvalue weighted by atomic mass is 10.0. The Hall–Kier alpha value is -4.45. The highest BCUT2D eigenvalue weighted by Gasteiger charge is 2.09. The number of nitrogens with one attached hydrogen (secondary N) is 2. The summed E-state index contributed by atoms with van der Waals surface area (Å²) in [6.07, 6.45) is 7.46. The van der Waals surface area contributed by atoms with Crippen LogP contribution in [0.15, 0.2) is 97.6 Å². The number of carbonyl (C=O) groups excluding carboxylic acids is 1. The quantitative estimate of drug-likeness (QED) is 0.310. The lowest BCUT2D eigenvalue weighted by Gasteiger charge is -2.10. The van der Waals surface area contributed by atoms with Crippen molar-refractivity contribution in [2.75, 3.05) is 10.6 Å². The van der Waals surface area contributed by atoms with Crippen molar-refractivity contribution in [3.8, 4) is 22.4 Å². The van der Waals surface area contributed by atoms with E-state index in [9.17, 15) is 4.79 Å². The Balaban J connectivity index is 1.28. The van der Waals surface area contributed by atoms with Gasteiger partial charge in [0.25, 0.3) is 0 Å². The topological polar surface area (TPSA) is 71.3 Å². The highest BCUT2D eigenvalue weighted by molar-refractivity contribution is 5.99. The Morgan fingerprint density at radius 3 is 2.09 bits per heavy atom. The van der Waals surface area contributed by atoms with Crippen LogP contribution < -0.4 is 10.6 Å². The van der Waals surface area contributed by atoms with Crippen LogP contribution in [0.5, 0.6) is 0 Å². The van der Waals surface area contributed by atoms with Crippen molar-refractivity contribution in [3.63, 3.8) is 0 Å². The minimum Gasteiger partial charge on any atom is -0.308 e. The Morgan fingerprint density at radius 1 is 0.794 bits per heavy atom. The van der Waals surface area contributed by atoms with E-state index in [1.807, 2.05) is 73.1 Å². The second kappa shape index (κ2) is 9.19. The standard InChI is InChI=1S/C28H25N5O/c1-19(2)20-3-7-24(8-4-20)31-28(34)32-25-9-5-22(6-10-25)26-18-30-27-17-23(13-16-33(26)27)21-11-14-29-15-12-21/h3-19H,1-2H3,(H2,31,32,34). The van der Waals surface area contributed by atoms with Gasteiger partial charge in [0.2, 0.25) is 0 Å². The van der Waals surface area contributed by atoms with Gasteiger partial charge in [-0.2, -0.15) is 0 Å². The Morgan fingerprint density at radius 2 is 1.44 bits per heavy atom. The van der Waals surface area contributed by atoms with Gasteiger partial charge in [0.15, 0.2) is 0 Å². The maximum absolute atomic E-state index is 12.4. The first-order valence-corrected chi connectivity index (χ1v) is 11.2. The molecule has 168 valence electrons. The van der Waals surface area contributed by atoms with Crippen LogP contribution in [-0.4, -0.2) is 20.4 Å². The summed E-state index contributed by atoms with van der Waals surface area (Å²) in [4.78, 5) is 21.1. The third kappa shape index (κ3) is 4.52. The molecule has 0 unspecified atom stereocenters. The van der Waals surface area contributed by atoms with Gasteiger partial charge in [0, 0.05) is 35.5 Å². The Kier molecular flexibility index (Phi) is 5.79. The maximum atomic E-state index is 12.4. The van der Waals surface area contributed by atoms with Gasteiger partial charge >= 0.3 is 6.03 Å². The third-order valence-electron chi connectivity index (χ3n) is 5.80. The number of hydrogen-bond donors (Lipinski definition) is 2. The number of benzene rings is 2. The summed E-state index contributed by atoms with van der Waals surface area (Å²) in [6.45, 7) is 4.29. The van der Waals surface area contributed by atoms with Crippen LogP contribution in [0.2, 0.25) is 0 Å². The second-order valence-electron chi connectivity index (χ2n) is 8.46. The molecule has 0 saturated heterocycles. The number of fused-ring (bicyclic) bond motifs is 1. The second-order valence-corrected chi connectivity index (χ2v) is 8.46. The summed E-state index contributed by atoms with van der Waals surface area (Å²) < 4.78 is 2.06. The van der Waals surface area contributed by atoms with Crippen molar-refractivity contribution in [1.29, 1.82) is 0 Å². The lowest BCUT2D eigenvalue weighted by Crippen LogP contribution is -2.19. The molecule has 0 bridgehead atoms. The van der Waals surface area contributed by atoms with Crippen molar-refractivity contribution >= 4 is 23.1 Å². The molecular formula is C28H25N5O. The van der Waals surface area contributed by atoms with Crippen LogP contribution in [0.1, 0.15) is 25.3 Å². The van der Waals surface area contributed by atoms with Gasteiger partial charge in [-0.1, -0.05) is 38.1 Å². The summed E-state index contributed by atoms with van der Waals surface area (Å²) in [5.74, 6) is 0.456. The minimum absolute atomic E-state index is 0.275. The van der Waals surface area contributed by atoms with E-state index in [0.717, 1.165) is 33.7 Å². The van der Waals surface area contributed by atoms with Crippen molar-refractivity contribution < 1.29 is 4.79 Å². The summed E-state index contributed by atoms with van der Waals surface area (Å²) >= 11 is 0. The molecule has 0 aliphatic rings. The van der Waals surface area contributed by atoms with Crippen molar-refractivity contribution in [2.24, 2.45) is 0 Å². The predicted molar refractivity (Wildman–Crippen MR) is 137 cm³/mol. The molecule has 2 amide bonds. The van der Waals surface area contributed by atoms with Gasteiger partial charge in [-0.15, -0.1) is 0 Å². The fraction of sp³-hybridized carbons (Fsp3) is 0.107. The number of carbonyl (C=O) groups is 1. The van der Waals surface area contributed by atoms with Gasteiger partial charge in [-0.3, -0.25) is 9.38 Å².